The van der Waals surface area contributed by atoms with Crippen LogP contribution in [0.4, 0.5) is 0 Å². The first-order valence-corrected chi connectivity index (χ1v) is 12.3. The van der Waals surface area contributed by atoms with E-state index >= 15 is 0 Å². The molecule has 0 unspecified atom stereocenters. The average molecular weight is 552 g/mol. The van der Waals surface area contributed by atoms with Gasteiger partial charge in [-0.2, -0.15) is 9.78 Å². The molecule has 0 amide bonds. The quantitative estimate of drug-likeness (QED) is 0.166. The zero-order chi connectivity index (χ0) is 25.1. The number of carbonyl (C=O) groups is 2. The molecule has 180 valence electrons. The molecule has 2 heterocycles. The van der Waals surface area contributed by atoms with E-state index in [1.165, 1.54) is 9.36 Å². The Balaban J connectivity index is 1.66. The van der Waals surface area contributed by atoms with Gasteiger partial charge in [0.05, 0.1) is 40.0 Å². The van der Waals surface area contributed by atoms with Crippen molar-refractivity contribution in [1.29, 1.82) is 0 Å². The highest BCUT2D eigenvalue weighted by atomic mass is 35.5. The highest BCUT2D eigenvalue weighted by molar-refractivity contribution is 7.99. The van der Waals surface area contributed by atoms with Crippen LogP contribution in [0.25, 0.3) is 11.4 Å². The molecule has 0 saturated carbocycles. The molecule has 0 fully saturated rings. The number of rotatable bonds is 8. The predicted molar refractivity (Wildman–Crippen MR) is 133 cm³/mol. The first-order chi connectivity index (χ1) is 16.8. The Labute approximate surface area is 219 Å². The molecule has 35 heavy (non-hydrogen) atoms. The van der Waals surface area contributed by atoms with E-state index < -0.39 is 5.97 Å². The van der Waals surface area contributed by atoms with Crippen LogP contribution >= 0.6 is 46.6 Å². The van der Waals surface area contributed by atoms with E-state index in [1.807, 2.05) is 0 Å². The molecular weight excluding hydrogens is 535 g/mol. The molecule has 4 rings (SSSR count). The molecule has 0 bridgehead atoms. The van der Waals surface area contributed by atoms with Gasteiger partial charge in [-0.05, 0) is 66.7 Å². The Kier molecular flexibility index (Phi) is 7.75. The minimum Gasteiger partial charge on any atom is -0.461 e. The third-order valence-electron chi connectivity index (χ3n) is 4.84. The standard InChI is InChI=1S/C22H17Cl3N6O3S/c1-3-34-21(33)20-19(12(2)30(27-20)17-10-14(24)6-9-16(17)25)18(32)11-35-22-26-28-29-31(22)15-7-4-13(23)5-8-15/h4-10H,3,11H2,1-2H3. The van der Waals surface area contributed by atoms with E-state index in [9.17, 15) is 9.59 Å². The van der Waals surface area contributed by atoms with Crippen molar-refractivity contribution >= 4 is 58.3 Å². The van der Waals surface area contributed by atoms with Crippen LogP contribution in [-0.4, -0.2) is 54.1 Å². The Morgan fingerprint density at radius 3 is 2.46 bits per heavy atom. The van der Waals surface area contributed by atoms with Crippen LogP contribution in [0.15, 0.2) is 47.6 Å². The number of benzene rings is 2. The van der Waals surface area contributed by atoms with Gasteiger partial charge >= 0.3 is 5.97 Å². The van der Waals surface area contributed by atoms with E-state index in [4.69, 9.17) is 39.5 Å². The van der Waals surface area contributed by atoms with Gasteiger partial charge in [-0.1, -0.05) is 46.6 Å². The predicted octanol–water partition coefficient (Wildman–Crippen LogP) is 5.27. The highest BCUT2D eigenvalue weighted by Gasteiger charge is 2.28. The fourth-order valence-corrected chi connectivity index (χ4v) is 4.53. The van der Waals surface area contributed by atoms with Crippen LogP contribution in [0.2, 0.25) is 15.1 Å². The highest BCUT2D eigenvalue weighted by Crippen LogP contribution is 2.29. The molecule has 0 atom stereocenters. The van der Waals surface area contributed by atoms with Gasteiger partial charge in [-0.3, -0.25) is 4.79 Å². The summed E-state index contributed by atoms with van der Waals surface area (Å²) in [6.45, 7) is 3.47. The summed E-state index contributed by atoms with van der Waals surface area (Å²) in [5.74, 6) is -1.13. The van der Waals surface area contributed by atoms with Gasteiger partial charge in [-0.25, -0.2) is 9.48 Å². The smallest absolute Gasteiger partial charge is 0.359 e. The maximum absolute atomic E-state index is 13.3. The lowest BCUT2D eigenvalue weighted by atomic mass is 10.1. The van der Waals surface area contributed by atoms with E-state index in [-0.39, 0.29) is 29.4 Å². The molecule has 0 aliphatic rings. The van der Waals surface area contributed by atoms with Crippen LogP contribution in [0.5, 0.6) is 0 Å². The number of ketones is 1. The fourth-order valence-electron chi connectivity index (χ4n) is 3.28. The molecule has 9 nitrogen and oxygen atoms in total. The van der Waals surface area contributed by atoms with Crippen molar-refractivity contribution in [2.24, 2.45) is 0 Å². The summed E-state index contributed by atoms with van der Waals surface area (Å²) >= 11 is 19.5. The Bertz CT molecular complexity index is 1400. The molecule has 0 aliphatic heterocycles. The second kappa shape index (κ2) is 10.8. The number of halogens is 3. The largest absolute Gasteiger partial charge is 0.461 e. The van der Waals surface area contributed by atoms with Crippen molar-refractivity contribution in [3.05, 3.63) is 74.5 Å². The summed E-state index contributed by atoms with van der Waals surface area (Å²) in [6, 6.07) is 11.8. The number of Topliss-reactive ketones (excluding diaryl/α,β-unsaturated/α-hetero) is 1. The van der Waals surface area contributed by atoms with Crippen molar-refractivity contribution < 1.29 is 14.3 Å². The summed E-state index contributed by atoms with van der Waals surface area (Å²) in [5.41, 5.74) is 1.54. The molecular formula is C22H17Cl3N6O3S. The van der Waals surface area contributed by atoms with Crippen LogP contribution in [0.1, 0.15) is 33.5 Å². The van der Waals surface area contributed by atoms with Crippen molar-refractivity contribution in [3.63, 3.8) is 0 Å². The number of tetrazole rings is 1. The maximum Gasteiger partial charge on any atom is 0.359 e. The minimum absolute atomic E-state index is 0.0593. The van der Waals surface area contributed by atoms with E-state index in [1.54, 1.807) is 56.3 Å². The van der Waals surface area contributed by atoms with Gasteiger partial charge in [0.15, 0.2) is 11.5 Å². The molecule has 2 aromatic heterocycles. The molecule has 0 radical (unpaired) electrons. The second-order valence-electron chi connectivity index (χ2n) is 7.10. The first-order valence-electron chi connectivity index (χ1n) is 10.2. The normalized spacial score (nSPS) is 11.0. The zero-order valence-electron chi connectivity index (χ0n) is 18.4. The number of nitrogens with zero attached hydrogens (tertiary/aromatic N) is 6. The molecule has 0 N–H and O–H groups in total. The fraction of sp³-hybridized carbons (Fsp3) is 0.182. The number of hydrogen-bond donors (Lipinski definition) is 0. The zero-order valence-corrected chi connectivity index (χ0v) is 21.5. The van der Waals surface area contributed by atoms with Crippen LogP contribution < -0.4 is 0 Å². The second-order valence-corrected chi connectivity index (χ2v) is 9.32. The van der Waals surface area contributed by atoms with Gasteiger partial charge in [0, 0.05) is 10.0 Å². The van der Waals surface area contributed by atoms with E-state index in [0.717, 1.165) is 11.8 Å². The van der Waals surface area contributed by atoms with Gasteiger partial charge in [0.2, 0.25) is 5.16 Å². The van der Waals surface area contributed by atoms with Crippen LogP contribution in [-0.2, 0) is 4.74 Å². The SMILES string of the molecule is CCOC(=O)c1nn(-c2cc(Cl)ccc2Cl)c(C)c1C(=O)CSc1nnnn1-c1ccc(Cl)cc1. The lowest BCUT2D eigenvalue weighted by molar-refractivity contribution is 0.0516. The lowest BCUT2D eigenvalue weighted by Crippen LogP contribution is -2.13. The number of hydrogen-bond acceptors (Lipinski definition) is 8. The third-order valence-corrected chi connectivity index (χ3v) is 6.57. The van der Waals surface area contributed by atoms with Crippen LogP contribution in [0.3, 0.4) is 0 Å². The van der Waals surface area contributed by atoms with Gasteiger partial charge in [-0.15, -0.1) is 5.10 Å². The number of carbonyl (C=O) groups excluding carboxylic acids is 2. The monoisotopic (exact) mass is 550 g/mol. The third kappa shape index (κ3) is 5.35. The van der Waals surface area contributed by atoms with E-state index in [0.29, 0.717) is 37.3 Å². The average Bonchev–Trinajstić information content (AvgIpc) is 3.44. The molecule has 4 aromatic rings. The van der Waals surface area contributed by atoms with Crippen LogP contribution in [0, 0.1) is 6.92 Å². The summed E-state index contributed by atoms with van der Waals surface area (Å²) in [6.07, 6.45) is 0. The van der Waals surface area contributed by atoms with Gasteiger partial charge < -0.3 is 4.74 Å². The van der Waals surface area contributed by atoms with Crippen molar-refractivity contribution in [2.45, 2.75) is 19.0 Å². The number of esters is 1. The first kappa shape index (κ1) is 25.2. The number of aromatic nitrogens is 6. The van der Waals surface area contributed by atoms with Crippen molar-refractivity contribution in [1.82, 2.24) is 30.0 Å². The Morgan fingerprint density at radius 1 is 1.03 bits per heavy atom. The van der Waals surface area contributed by atoms with Crippen molar-refractivity contribution in [2.75, 3.05) is 12.4 Å². The lowest BCUT2D eigenvalue weighted by Gasteiger charge is -2.08. The van der Waals surface area contributed by atoms with Gasteiger partial charge in [0.1, 0.15) is 0 Å². The summed E-state index contributed by atoms with van der Waals surface area (Å²) < 4.78 is 8.04. The Hall–Kier alpha value is -2.92. The summed E-state index contributed by atoms with van der Waals surface area (Å²) in [4.78, 5) is 26.0. The number of ether oxygens (including phenoxy) is 1. The van der Waals surface area contributed by atoms with Crippen molar-refractivity contribution in [3.8, 4) is 11.4 Å². The Morgan fingerprint density at radius 2 is 1.74 bits per heavy atom. The van der Waals surface area contributed by atoms with E-state index in [2.05, 4.69) is 20.6 Å². The topological polar surface area (TPSA) is 105 Å². The molecule has 0 saturated heterocycles. The molecule has 2 aromatic carbocycles. The summed E-state index contributed by atoms with van der Waals surface area (Å²) in [5, 5.41) is 17.8. The maximum atomic E-state index is 13.3. The summed E-state index contributed by atoms with van der Waals surface area (Å²) in [7, 11) is 0. The minimum atomic E-state index is -0.716. The molecule has 0 spiro atoms. The van der Waals surface area contributed by atoms with Gasteiger partial charge in [0.25, 0.3) is 0 Å². The number of thioether (sulfide) groups is 1. The molecule has 0 aliphatic carbocycles. The molecule has 13 heteroatoms.